The summed E-state index contributed by atoms with van der Waals surface area (Å²) in [4.78, 5) is 25.5. The van der Waals surface area contributed by atoms with E-state index in [9.17, 15) is 14.7 Å². The van der Waals surface area contributed by atoms with Crippen LogP contribution in [0.2, 0.25) is 0 Å². The van der Waals surface area contributed by atoms with Crippen LogP contribution in [0.15, 0.2) is 10.6 Å². The van der Waals surface area contributed by atoms with Crippen molar-refractivity contribution in [3.63, 3.8) is 0 Å². The molecule has 3 rings (SSSR count). The number of thioether (sulfide) groups is 1. The number of β-lactam (4-membered cyclic amide) rings is 1. The molecule has 0 bridgehead atoms. The summed E-state index contributed by atoms with van der Waals surface area (Å²) < 4.78 is 0. The summed E-state index contributed by atoms with van der Waals surface area (Å²) in [6.45, 7) is 4.03. The Morgan fingerprint density at radius 1 is 1.42 bits per heavy atom. The van der Waals surface area contributed by atoms with Crippen molar-refractivity contribution >= 4 is 23.6 Å². The van der Waals surface area contributed by atoms with Crippen molar-refractivity contribution in [3.8, 4) is 0 Å². The van der Waals surface area contributed by atoms with Gasteiger partial charge in [-0.1, -0.05) is 6.92 Å². The van der Waals surface area contributed by atoms with Gasteiger partial charge in [-0.2, -0.15) is 0 Å². The number of rotatable bonds is 3. The maximum atomic E-state index is 11.6. The summed E-state index contributed by atoms with van der Waals surface area (Å²) in [6, 6.07) is 0.0859. The Hall–Kier alpha value is -1.01. The molecule has 19 heavy (non-hydrogen) atoms. The number of carboxylic acid groups (broad SMARTS) is 1. The van der Waals surface area contributed by atoms with Crippen molar-refractivity contribution < 1.29 is 14.7 Å². The maximum absolute atomic E-state index is 11.6. The molecule has 2 atom stereocenters. The molecule has 2 saturated heterocycles. The van der Waals surface area contributed by atoms with Crippen LogP contribution in [0.1, 0.15) is 26.2 Å². The van der Waals surface area contributed by atoms with E-state index < -0.39 is 5.97 Å². The Labute approximate surface area is 116 Å². The SMILES string of the molecule is C[C@H]1C(SC2CCNCC2)=C(C(=O)O)N2C(=O)C[C@@H]12. The standard InChI is InChI=1S/C13H18N2O3S/c1-7-9-6-10(16)15(9)11(13(17)18)12(7)19-8-2-4-14-5-3-8/h7-9,14H,2-6H2,1H3,(H,17,18)/t7-,9+/m1/s1. The second-order valence-corrected chi connectivity index (χ2v) is 6.75. The van der Waals surface area contributed by atoms with Crippen molar-refractivity contribution in [1.29, 1.82) is 0 Å². The molecule has 0 saturated carbocycles. The first-order valence-electron chi connectivity index (χ1n) is 6.76. The van der Waals surface area contributed by atoms with Crippen molar-refractivity contribution in [3.05, 3.63) is 10.6 Å². The van der Waals surface area contributed by atoms with Gasteiger partial charge in [0, 0.05) is 22.5 Å². The van der Waals surface area contributed by atoms with Crippen LogP contribution >= 0.6 is 11.8 Å². The molecule has 2 N–H and O–H groups in total. The van der Waals surface area contributed by atoms with Crippen LogP contribution in [0.5, 0.6) is 0 Å². The van der Waals surface area contributed by atoms with Gasteiger partial charge in [0.25, 0.3) is 0 Å². The van der Waals surface area contributed by atoms with Crippen molar-refractivity contribution in [2.24, 2.45) is 5.92 Å². The lowest BCUT2D eigenvalue weighted by molar-refractivity contribution is -0.148. The normalized spacial score (nSPS) is 31.4. The van der Waals surface area contributed by atoms with E-state index in [2.05, 4.69) is 5.32 Å². The molecule has 0 aromatic carbocycles. The third-order valence-electron chi connectivity index (χ3n) is 4.23. The number of nitrogens with one attached hydrogen (secondary N) is 1. The fourth-order valence-electron chi connectivity index (χ4n) is 3.11. The second kappa shape index (κ2) is 4.83. The van der Waals surface area contributed by atoms with E-state index in [-0.39, 0.29) is 23.6 Å². The van der Waals surface area contributed by atoms with Crippen molar-refractivity contribution in [2.45, 2.75) is 37.5 Å². The third-order valence-corrected chi connectivity index (χ3v) is 5.86. The monoisotopic (exact) mass is 282 g/mol. The molecular formula is C13H18N2O3S. The lowest BCUT2D eigenvalue weighted by atomic mass is 9.94. The predicted octanol–water partition coefficient (Wildman–Crippen LogP) is 1.02. The predicted molar refractivity (Wildman–Crippen MR) is 72.6 cm³/mol. The fraction of sp³-hybridized carbons (Fsp3) is 0.692. The Kier molecular flexibility index (Phi) is 3.30. The van der Waals surface area contributed by atoms with Crippen LogP contribution in [0.3, 0.4) is 0 Å². The van der Waals surface area contributed by atoms with Crippen LogP contribution in [0.25, 0.3) is 0 Å². The number of nitrogens with zero attached hydrogens (tertiary/aromatic N) is 1. The van der Waals surface area contributed by atoms with Gasteiger partial charge in [-0.15, -0.1) is 11.8 Å². The number of hydrogen-bond donors (Lipinski definition) is 2. The molecule has 0 aromatic heterocycles. The lowest BCUT2D eigenvalue weighted by Crippen LogP contribution is -2.51. The summed E-state index contributed by atoms with van der Waals surface area (Å²) >= 11 is 1.69. The molecule has 0 aliphatic carbocycles. The summed E-state index contributed by atoms with van der Waals surface area (Å²) in [7, 11) is 0. The summed E-state index contributed by atoms with van der Waals surface area (Å²) in [6.07, 6.45) is 2.62. The zero-order valence-corrected chi connectivity index (χ0v) is 11.7. The van der Waals surface area contributed by atoms with Crippen LogP contribution in [-0.4, -0.2) is 46.3 Å². The van der Waals surface area contributed by atoms with E-state index in [1.165, 1.54) is 4.90 Å². The van der Waals surface area contributed by atoms with E-state index in [0.29, 0.717) is 11.7 Å². The van der Waals surface area contributed by atoms with E-state index in [1.54, 1.807) is 11.8 Å². The summed E-state index contributed by atoms with van der Waals surface area (Å²) in [5.74, 6) is -0.835. The molecule has 5 nitrogen and oxygen atoms in total. The van der Waals surface area contributed by atoms with E-state index in [1.807, 2.05) is 6.92 Å². The van der Waals surface area contributed by atoms with Gasteiger partial charge in [-0.25, -0.2) is 4.79 Å². The highest BCUT2D eigenvalue weighted by Gasteiger charge is 2.52. The highest BCUT2D eigenvalue weighted by Crippen LogP contribution is 2.48. The largest absolute Gasteiger partial charge is 0.477 e. The topological polar surface area (TPSA) is 69.6 Å². The zero-order chi connectivity index (χ0) is 13.6. The van der Waals surface area contributed by atoms with Gasteiger partial charge in [-0.3, -0.25) is 4.79 Å². The summed E-state index contributed by atoms with van der Waals surface area (Å²) in [5, 5.41) is 13.2. The molecule has 0 spiro atoms. The maximum Gasteiger partial charge on any atom is 0.353 e. The molecule has 3 heterocycles. The first kappa shape index (κ1) is 13.0. The van der Waals surface area contributed by atoms with Gasteiger partial charge in [0.1, 0.15) is 5.70 Å². The van der Waals surface area contributed by atoms with Crippen LogP contribution < -0.4 is 5.32 Å². The van der Waals surface area contributed by atoms with Gasteiger partial charge in [-0.05, 0) is 25.9 Å². The zero-order valence-electron chi connectivity index (χ0n) is 10.9. The molecule has 2 fully saturated rings. The fourth-order valence-corrected chi connectivity index (χ4v) is 4.61. The smallest absolute Gasteiger partial charge is 0.353 e. The van der Waals surface area contributed by atoms with Crippen molar-refractivity contribution in [2.75, 3.05) is 13.1 Å². The molecule has 3 aliphatic rings. The minimum absolute atomic E-state index is 0.0461. The van der Waals surface area contributed by atoms with Crippen LogP contribution in [0, 0.1) is 5.92 Å². The molecule has 1 amide bonds. The second-order valence-electron chi connectivity index (χ2n) is 5.41. The van der Waals surface area contributed by atoms with Gasteiger partial charge in [0.05, 0.1) is 6.04 Å². The van der Waals surface area contributed by atoms with E-state index in [4.69, 9.17) is 0 Å². The van der Waals surface area contributed by atoms with Crippen LogP contribution in [-0.2, 0) is 9.59 Å². The molecular weight excluding hydrogens is 264 g/mol. The molecule has 0 radical (unpaired) electrons. The Morgan fingerprint density at radius 3 is 2.68 bits per heavy atom. The quantitative estimate of drug-likeness (QED) is 0.756. The Bertz CT molecular complexity index is 457. The molecule has 3 aliphatic heterocycles. The van der Waals surface area contributed by atoms with Crippen LogP contribution in [0.4, 0.5) is 0 Å². The first-order chi connectivity index (χ1) is 9.09. The number of hydrogen-bond acceptors (Lipinski definition) is 4. The first-order valence-corrected chi connectivity index (χ1v) is 7.64. The number of carbonyl (C=O) groups is 2. The molecule has 0 aromatic rings. The highest BCUT2D eigenvalue weighted by atomic mass is 32.2. The molecule has 0 unspecified atom stereocenters. The molecule has 104 valence electrons. The van der Waals surface area contributed by atoms with E-state index >= 15 is 0 Å². The number of aliphatic carboxylic acids is 1. The van der Waals surface area contributed by atoms with Gasteiger partial charge < -0.3 is 15.3 Å². The minimum atomic E-state index is -0.959. The number of piperidine rings is 1. The van der Waals surface area contributed by atoms with E-state index in [0.717, 1.165) is 30.8 Å². The number of carbonyl (C=O) groups excluding carboxylic acids is 1. The minimum Gasteiger partial charge on any atom is -0.477 e. The van der Waals surface area contributed by atoms with Gasteiger partial charge in [0.2, 0.25) is 5.91 Å². The summed E-state index contributed by atoms with van der Waals surface area (Å²) in [5.41, 5.74) is 0.247. The average molecular weight is 282 g/mol. The Morgan fingerprint density at radius 2 is 2.11 bits per heavy atom. The number of carboxylic acids is 1. The lowest BCUT2D eigenvalue weighted by Gasteiger charge is -2.37. The van der Waals surface area contributed by atoms with Gasteiger partial charge in [0.15, 0.2) is 0 Å². The number of amides is 1. The number of fused-ring (bicyclic) bond motifs is 1. The van der Waals surface area contributed by atoms with Gasteiger partial charge >= 0.3 is 5.97 Å². The average Bonchev–Trinajstić information content (AvgIpc) is 2.61. The highest BCUT2D eigenvalue weighted by molar-refractivity contribution is 8.03. The van der Waals surface area contributed by atoms with Crippen molar-refractivity contribution in [1.82, 2.24) is 10.2 Å². The molecule has 6 heteroatoms. The third kappa shape index (κ3) is 2.07. The Balaban J connectivity index is 1.84.